The van der Waals surface area contributed by atoms with Crippen LogP contribution in [0.4, 0.5) is 4.39 Å². The molecule has 5 heteroatoms. The number of carbonyl (C=O) groups is 1. The lowest BCUT2D eigenvalue weighted by atomic mass is 9.81. The number of rotatable bonds is 6. The zero-order valence-electron chi connectivity index (χ0n) is 16.3. The van der Waals surface area contributed by atoms with Gasteiger partial charge in [-0.1, -0.05) is 25.0 Å². The van der Waals surface area contributed by atoms with Gasteiger partial charge in [0.05, 0.1) is 6.04 Å². The Labute approximate surface area is 162 Å². The third-order valence-electron chi connectivity index (χ3n) is 6.36. The van der Waals surface area contributed by atoms with Crippen molar-refractivity contribution in [3.8, 4) is 0 Å². The van der Waals surface area contributed by atoms with Crippen molar-refractivity contribution in [3.05, 3.63) is 35.6 Å². The number of nitrogens with two attached hydrogens (primary N) is 1. The molecule has 1 heterocycles. The zero-order valence-corrected chi connectivity index (χ0v) is 16.3. The summed E-state index contributed by atoms with van der Waals surface area (Å²) in [7, 11) is 0. The van der Waals surface area contributed by atoms with Crippen LogP contribution in [-0.2, 0) is 4.79 Å². The number of nitrogens with zero attached hydrogens (tertiary/aromatic N) is 1. The molecule has 1 amide bonds. The van der Waals surface area contributed by atoms with E-state index >= 15 is 0 Å². The molecule has 4 nitrogen and oxygen atoms in total. The summed E-state index contributed by atoms with van der Waals surface area (Å²) >= 11 is 0. The molecule has 0 bridgehead atoms. The Morgan fingerprint density at radius 1 is 1.07 bits per heavy atom. The van der Waals surface area contributed by atoms with Gasteiger partial charge in [0.1, 0.15) is 5.82 Å². The van der Waals surface area contributed by atoms with Crippen LogP contribution in [0.5, 0.6) is 0 Å². The van der Waals surface area contributed by atoms with Crippen LogP contribution in [0, 0.1) is 17.7 Å². The molecule has 2 aliphatic rings. The van der Waals surface area contributed by atoms with Gasteiger partial charge in [0.25, 0.3) is 0 Å². The number of halogens is 1. The normalized spacial score (nSPS) is 25.6. The Hall–Kier alpha value is -1.46. The zero-order chi connectivity index (χ0) is 19.1. The highest BCUT2D eigenvalue weighted by atomic mass is 19.1. The van der Waals surface area contributed by atoms with Crippen molar-refractivity contribution in [1.29, 1.82) is 0 Å². The summed E-state index contributed by atoms with van der Waals surface area (Å²) in [6.45, 7) is 3.41. The molecule has 1 aliphatic carbocycles. The standard InChI is InChI=1S/C22H34FN3O/c23-20-11-9-18(10-12-20)21(26-13-3-1-2-4-14-26)16-25-22(27)19-7-5-17(15-24)6-8-19/h9-12,17,19,21H,1-8,13-16,24H2,(H,25,27). The van der Waals surface area contributed by atoms with E-state index in [1.54, 1.807) is 0 Å². The smallest absolute Gasteiger partial charge is 0.223 e. The summed E-state index contributed by atoms with van der Waals surface area (Å²) < 4.78 is 13.4. The van der Waals surface area contributed by atoms with E-state index in [1.807, 2.05) is 12.1 Å². The molecule has 0 aromatic heterocycles. The Morgan fingerprint density at radius 3 is 2.30 bits per heavy atom. The Bertz CT molecular complexity index is 576. The topological polar surface area (TPSA) is 58.4 Å². The summed E-state index contributed by atoms with van der Waals surface area (Å²) in [6.07, 6.45) is 8.91. The average Bonchev–Trinajstić information content (AvgIpc) is 2.99. The maximum Gasteiger partial charge on any atom is 0.223 e. The molecule has 1 atom stereocenters. The van der Waals surface area contributed by atoms with Crippen LogP contribution in [-0.4, -0.2) is 37.0 Å². The molecular weight excluding hydrogens is 341 g/mol. The summed E-state index contributed by atoms with van der Waals surface area (Å²) in [5, 5.41) is 3.21. The molecule has 1 aliphatic heterocycles. The van der Waals surface area contributed by atoms with E-state index in [4.69, 9.17) is 5.73 Å². The van der Waals surface area contributed by atoms with E-state index in [0.29, 0.717) is 12.5 Å². The molecular formula is C22H34FN3O. The van der Waals surface area contributed by atoms with Crippen molar-refractivity contribution >= 4 is 5.91 Å². The quantitative estimate of drug-likeness (QED) is 0.798. The minimum atomic E-state index is -0.214. The minimum absolute atomic E-state index is 0.116. The van der Waals surface area contributed by atoms with Crippen molar-refractivity contribution in [2.45, 2.75) is 57.4 Å². The van der Waals surface area contributed by atoms with Gasteiger partial charge < -0.3 is 11.1 Å². The summed E-state index contributed by atoms with van der Waals surface area (Å²) in [5.74, 6) is 0.658. The summed E-state index contributed by atoms with van der Waals surface area (Å²) in [5.41, 5.74) is 6.85. The van der Waals surface area contributed by atoms with Gasteiger partial charge in [-0.2, -0.15) is 0 Å². The van der Waals surface area contributed by atoms with Crippen molar-refractivity contribution in [1.82, 2.24) is 10.2 Å². The van der Waals surface area contributed by atoms with Gasteiger partial charge in [0.2, 0.25) is 5.91 Å². The van der Waals surface area contributed by atoms with Gasteiger partial charge in [-0.05, 0) is 81.8 Å². The first-order valence-corrected chi connectivity index (χ1v) is 10.6. The van der Waals surface area contributed by atoms with E-state index < -0.39 is 0 Å². The highest BCUT2D eigenvalue weighted by Gasteiger charge is 2.27. The highest BCUT2D eigenvalue weighted by Crippen LogP contribution is 2.29. The van der Waals surface area contributed by atoms with Crippen LogP contribution >= 0.6 is 0 Å². The predicted octanol–water partition coefficient (Wildman–Crippen LogP) is 3.62. The van der Waals surface area contributed by atoms with Crippen molar-refractivity contribution in [3.63, 3.8) is 0 Å². The lowest BCUT2D eigenvalue weighted by Crippen LogP contribution is -2.41. The molecule has 1 saturated carbocycles. The van der Waals surface area contributed by atoms with Crippen LogP contribution in [0.25, 0.3) is 0 Å². The van der Waals surface area contributed by atoms with Gasteiger partial charge >= 0.3 is 0 Å². The molecule has 0 spiro atoms. The second-order valence-electron chi connectivity index (χ2n) is 8.22. The van der Waals surface area contributed by atoms with Gasteiger partial charge in [-0.3, -0.25) is 9.69 Å². The van der Waals surface area contributed by atoms with Crippen LogP contribution < -0.4 is 11.1 Å². The molecule has 3 N–H and O–H groups in total. The largest absolute Gasteiger partial charge is 0.354 e. The first-order chi connectivity index (χ1) is 13.2. The highest BCUT2D eigenvalue weighted by molar-refractivity contribution is 5.78. The number of likely N-dealkylation sites (tertiary alicyclic amines) is 1. The van der Waals surface area contributed by atoms with Crippen LogP contribution in [0.15, 0.2) is 24.3 Å². The van der Waals surface area contributed by atoms with Gasteiger partial charge in [-0.25, -0.2) is 4.39 Å². The fourth-order valence-electron chi connectivity index (χ4n) is 4.55. The third kappa shape index (κ3) is 5.76. The Balaban J connectivity index is 1.62. The lowest BCUT2D eigenvalue weighted by molar-refractivity contribution is -0.126. The van der Waals surface area contributed by atoms with Crippen LogP contribution in [0.2, 0.25) is 0 Å². The van der Waals surface area contributed by atoms with Crippen LogP contribution in [0.1, 0.15) is 63.0 Å². The maximum atomic E-state index is 13.4. The van der Waals surface area contributed by atoms with E-state index in [9.17, 15) is 9.18 Å². The SMILES string of the molecule is NCC1CCC(C(=O)NCC(c2ccc(F)cc2)N2CCCCCC2)CC1. The van der Waals surface area contributed by atoms with Crippen molar-refractivity contribution in [2.75, 3.05) is 26.2 Å². The van der Waals surface area contributed by atoms with E-state index in [0.717, 1.165) is 50.9 Å². The number of nitrogens with one attached hydrogen (secondary N) is 1. The molecule has 1 aromatic carbocycles. The van der Waals surface area contributed by atoms with E-state index in [1.165, 1.54) is 37.8 Å². The minimum Gasteiger partial charge on any atom is -0.354 e. The summed E-state index contributed by atoms with van der Waals surface area (Å²) in [6, 6.07) is 6.90. The Kier molecular flexibility index (Phi) is 7.65. The molecule has 1 saturated heterocycles. The number of benzene rings is 1. The molecule has 3 rings (SSSR count). The second kappa shape index (κ2) is 10.2. The number of amides is 1. The first kappa shape index (κ1) is 20.3. The number of carbonyl (C=O) groups excluding carboxylic acids is 1. The van der Waals surface area contributed by atoms with Crippen molar-refractivity contribution < 1.29 is 9.18 Å². The first-order valence-electron chi connectivity index (χ1n) is 10.6. The maximum absolute atomic E-state index is 13.4. The molecule has 1 aromatic rings. The van der Waals surface area contributed by atoms with E-state index in [2.05, 4.69) is 10.2 Å². The Morgan fingerprint density at radius 2 is 1.70 bits per heavy atom. The second-order valence-corrected chi connectivity index (χ2v) is 8.22. The monoisotopic (exact) mass is 375 g/mol. The molecule has 0 radical (unpaired) electrons. The van der Waals surface area contributed by atoms with Crippen molar-refractivity contribution in [2.24, 2.45) is 17.6 Å². The van der Waals surface area contributed by atoms with Gasteiger partial charge in [-0.15, -0.1) is 0 Å². The van der Waals surface area contributed by atoms with Crippen LogP contribution in [0.3, 0.4) is 0 Å². The van der Waals surface area contributed by atoms with Gasteiger partial charge in [0.15, 0.2) is 0 Å². The average molecular weight is 376 g/mol. The molecule has 1 unspecified atom stereocenters. The van der Waals surface area contributed by atoms with Gasteiger partial charge in [0, 0.05) is 12.5 Å². The molecule has 27 heavy (non-hydrogen) atoms. The molecule has 2 fully saturated rings. The van der Waals surface area contributed by atoms with E-state index in [-0.39, 0.29) is 23.7 Å². The molecule has 150 valence electrons. The number of hydrogen-bond acceptors (Lipinski definition) is 3. The summed E-state index contributed by atoms with van der Waals surface area (Å²) in [4.78, 5) is 15.2. The third-order valence-corrected chi connectivity index (χ3v) is 6.36. The number of hydrogen-bond donors (Lipinski definition) is 2. The lowest BCUT2D eigenvalue weighted by Gasteiger charge is -2.32. The predicted molar refractivity (Wildman–Crippen MR) is 107 cm³/mol. The fourth-order valence-corrected chi connectivity index (χ4v) is 4.55. The fraction of sp³-hybridized carbons (Fsp3) is 0.682.